The molecule has 9 nitrogen and oxygen atoms in total. The van der Waals surface area contributed by atoms with Gasteiger partial charge in [-0.25, -0.2) is 4.79 Å². The number of carbonyl (C=O) groups is 1. The number of hydrogen-bond donors (Lipinski definition) is 2. The van der Waals surface area contributed by atoms with Crippen molar-refractivity contribution in [1.29, 1.82) is 5.26 Å². The van der Waals surface area contributed by atoms with E-state index in [2.05, 4.69) is 21.3 Å². The summed E-state index contributed by atoms with van der Waals surface area (Å²) >= 11 is 0. The normalized spacial score (nSPS) is 28.5. The molecule has 0 amide bonds. The van der Waals surface area contributed by atoms with Gasteiger partial charge in [-0.05, 0) is 43.2 Å². The molecule has 0 radical (unpaired) electrons. The fraction of sp³-hybridized carbons (Fsp3) is 0.440. The van der Waals surface area contributed by atoms with Crippen LogP contribution in [-0.2, 0) is 23.4 Å². The van der Waals surface area contributed by atoms with Crippen molar-refractivity contribution < 1.29 is 14.6 Å². The van der Waals surface area contributed by atoms with Gasteiger partial charge in [0.2, 0.25) is 0 Å². The van der Waals surface area contributed by atoms with Crippen LogP contribution in [0.5, 0.6) is 0 Å². The Kier molecular flexibility index (Phi) is 5.81. The minimum atomic E-state index is -0.599. The Morgan fingerprint density at radius 2 is 2.24 bits per heavy atom. The number of benzene rings is 1. The highest BCUT2D eigenvalue weighted by Crippen LogP contribution is 2.32. The molecule has 4 heterocycles. The largest absolute Gasteiger partial charge is 0.457 e. The molecule has 176 valence electrons. The summed E-state index contributed by atoms with van der Waals surface area (Å²) in [5.74, 6) is -0.664. The molecule has 2 N–H and O–H groups in total. The van der Waals surface area contributed by atoms with E-state index in [1.165, 1.54) is 0 Å². The van der Waals surface area contributed by atoms with Gasteiger partial charge in [0.1, 0.15) is 18.1 Å². The number of aliphatic hydroxyl groups excluding tert-OH is 1. The minimum Gasteiger partial charge on any atom is -0.457 e. The number of aliphatic imine (C=N–C) groups is 1. The lowest BCUT2D eigenvalue weighted by molar-refractivity contribution is 0.0535. The van der Waals surface area contributed by atoms with Crippen LogP contribution < -0.4 is 5.32 Å². The first kappa shape index (κ1) is 22.5. The second-order valence-corrected chi connectivity index (χ2v) is 9.31. The maximum absolute atomic E-state index is 11.9. The van der Waals surface area contributed by atoms with Crippen LogP contribution in [0, 0.1) is 24.2 Å². The fourth-order valence-corrected chi connectivity index (χ4v) is 5.07. The van der Waals surface area contributed by atoms with E-state index in [1.54, 1.807) is 12.4 Å². The third-order valence-electron chi connectivity index (χ3n) is 7.33. The van der Waals surface area contributed by atoms with Crippen LogP contribution in [0.1, 0.15) is 45.7 Å². The number of aromatic nitrogens is 2. The van der Waals surface area contributed by atoms with E-state index in [4.69, 9.17) is 9.84 Å². The lowest BCUT2D eigenvalue weighted by Gasteiger charge is -2.40. The molecule has 9 heteroatoms. The van der Waals surface area contributed by atoms with Crippen molar-refractivity contribution in [3.63, 3.8) is 0 Å². The monoisotopic (exact) mass is 460 g/mol. The highest BCUT2D eigenvalue weighted by atomic mass is 16.5. The third-order valence-corrected chi connectivity index (χ3v) is 7.33. The summed E-state index contributed by atoms with van der Waals surface area (Å²) in [4.78, 5) is 18.3. The number of ether oxygens (including phenoxy) is 1. The van der Waals surface area contributed by atoms with E-state index in [-0.39, 0.29) is 24.7 Å². The number of rotatable bonds is 5. The van der Waals surface area contributed by atoms with Crippen LogP contribution in [0.2, 0.25) is 0 Å². The predicted molar refractivity (Wildman–Crippen MR) is 125 cm³/mol. The lowest BCUT2D eigenvalue weighted by Crippen LogP contribution is -2.54. The quantitative estimate of drug-likeness (QED) is 0.654. The Morgan fingerprint density at radius 3 is 3.03 bits per heavy atom. The fourth-order valence-electron chi connectivity index (χ4n) is 5.07. The number of esters is 1. The summed E-state index contributed by atoms with van der Waals surface area (Å²) in [6.45, 7) is 6.28. The van der Waals surface area contributed by atoms with Gasteiger partial charge in [-0.1, -0.05) is 6.07 Å². The van der Waals surface area contributed by atoms with Gasteiger partial charge in [0.15, 0.2) is 0 Å². The number of allylic oxidation sites excluding steroid dienone is 1. The van der Waals surface area contributed by atoms with Gasteiger partial charge in [0.25, 0.3) is 0 Å². The smallest absolute Gasteiger partial charge is 0.338 e. The highest BCUT2D eigenvalue weighted by Gasteiger charge is 2.36. The highest BCUT2D eigenvalue weighted by molar-refractivity contribution is 5.94. The maximum Gasteiger partial charge on any atom is 0.338 e. The van der Waals surface area contributed by atoms with Gasteiger partial charge in [0.05, 0.1) is 23.9 Å². The number of fused-ring (bicyclic) bond motifs is 1. The first-order valence-corrected chi connectivity index (χ1v) is 11.5. The Hall–Kier alpha value is -3.32. The van der Waals surface area contributed by atoms with E-state index in [0.29, 0.717) is 31.8 Å². The van der Waals surface area contributed by atoms with Crippen molar-refractivity contribution in [3.05, 3.63) is 64.6 Å². The number of aliphatic hydroxyl groups is 1. The molecule has 1 aromatic heterocycles. The molecule has 4 atom stereocenters. The minimum absolute atomic E-state index is 0.0369. The molecule has 4 unspecified atom stereocenters. The maximum atomic E-state index is 11.9. The zero-order valence-electron chi connectivity index (χ0n) is 19.3. The number of piperazine rings is 1. The second-order valence-electron chi connectivity index (χ2n) is 9.31. The summed E-state index contributed by atoms with van der Waals surface area (Å²) in [5, 5.41) is 27.9. The summed E-state index contributed by atoms with van der Waals surface area (Å²) in [6.07, 6.45) is 7.16. The van der Waals surface area contributed by atoms with E-state index < -0.39 is 11.5 Å². The van der Waals surface area contributed by atoms with Crippen LogP contribution in [0.3, 0.4) is 0 Å². The number of nitrogens with zero attached hydrogens (tertiary/aromatic N) is 5. The molecule has 3 aliphatic rings. The Balaban J connectivity index is 1.36. The molecule has 2 aromatic rings. The zero-order valence-corrected chi connectivity index (χ0v) is 19.3. The number of carbonyl (C=O) groups excluding carboxylic acids is 1. The topological polar surface area (TPSA) is 116 Å². The van der Waals surface area contributed by atoms with Gasteiger partial charge in [0, 0.05) is 55.9 Å². The average molecular weight is 461 g/mol. The van der Waals surface area contributed by atoms with Crippen molar-refractivity contribution in [1.82, 2.24) is 20.0 Å². The zero-order chi connectivity index (χ0) is 23.9. The molecule has 0 spiro atoms. The molecule has 34 heavy (non-hydrogen) atoms. The third kappa shape index (κ3) is 3.74. The first-order chi connectivity index (χ1) is 16.4. The molecule has 1 fully saturated rings. The van der Waals surface area contributed by atoms with E-state index in [9.17, 15) is 15.2 Å². The molecule has 0 saturated carbocycles. The molecule has 3 aliphatic heterocycles. The molecule has 1 aromatic carbocycles. The van der Waals surface area contributed by atoms with Crippen LogP contribution in [0.25, 0.3) is 0 Å². The lowest BCUT2D eigenvalue weighted by atomic mass is 9.86. The first-order valence-electron chi connectivity index (χ1n) is 11.5. The van der Waals surface area contributed by atoms with Gasteiger partial charge in [-0.2, -0.15) is 10.4 Å². The van der Waals surface area contributed by atoms with Crippen molar-refractivity contribution in [2.45, 2.75) is 44.6 Å². The Labute approximate surface area is 198 Å². The van der Waals surface area contributed by atoms with Crippen LogP contribution in [0.15, 0.2) is 41.7 Å². The van der Waals surface area contributed by atoms with Crippen LogP contribution in [-0.4, -0.2) is 57.7 Å². The van der Waals surface area contributed by atoms with E-state index >= 15 is 0 Å². The summed E-state index contributed by atoms with van der Waals surface area (Å²) in [5.41, 5.74) is 4.10. The average Bonchev–Trinajstić information content (AvgIpc) is 3.47. The summed E-state index contributed by atoms with van der Waals surface area (Å²) < 4.78 is 7.04. The van der Waals surface area contributed by atoms with Crippen molar-refractivity contribution in [2.75, 3.05) is 19.7 Å². The number of nitriles is 1. The van der Waals surface area contributed by atoms with Crippen LogP contribution >= 0.6 is 0 Å². The summed E-state index contributed by atoms with van der Waals surface area (Å²) in [6, 6.07) is 8.15. The van der Waals surface area contributed by atoms with E-state index in [0.717, 1.165) is 22.4 Å². The van der Waals surface area contributed by atoms with Gasteiger partial charge >= 0.3 is 5.97 Å². The Bertz CT molecular complexity index is 1210. The molecular weight excluding hydrogens is 432 g/mol. The van der Waals surface area contributed by atoms with Gasteiger partial charge in [-0.15, -0.1) is 0 Å². The van der Waals surface area contributed by atoms with Crippen molar-refractivity contribution in [3.8, 4) is 6.07 Å². The van der Waals surface area contributed by atoms with Gasteiger partial charge in [-0.3, -0.25) is 14.6 Å². The van der Waals surface area contributed by atoms with Crippen LogP contribution in [0.4, 0.5) is 0 Å². The molecule has 0 bridgehead atoms. The second kappa shape index (κ2) is 8.80. The number of hydrogen-bond acceptors (Lipinski definition) is 8. The van der Waals surface area contributed by atoms with Gasteiger partial charge < -0.3 is 15.2 Å². The molecule has 1 saturated heterocycles. The predicted octanol–water partition coefficient (Wildman–Crippen LogP) is 1.82. The van der Waals surface area contributed by atoms with E-state index in [1.807, 2.05) is 49.0 Å². The SMILES string of the molecule is Cc1c(C2CN(Cc3ccn(C4(C)C=CN=CC4C#N)n3)C(CO)CN2)ccc2c1COC2=O. The number of nitrogens with one attached hydrogen (secondary N) is 1. The number of cyclic esters (lactones) is 1. The van der Waals surface area contributed by atoms with Crippen molar-refractivity contribution in [2.24, 2.45) is 10.9 Å². The summed E-state index contributed by atoms with van der Waals surface area (Å²) in [7, 11) is 0. The molecule has 0 aliphatic carbocycles. The molecular formula is C25H28N6O3. The Morgan fingerprint density at radius 1 is 1.38 bits per heavy atom. The standard InChI is InChI=1S/C25H28N6O3/c1-16-20(3-4-21-22(16)15-34-24(21)33)23-13-30(19(14-32)11-28-23)12-18-5-8-31(29-18)25(2)6-7-27-10-17(25)9-26/h3-8,10,17,19,23,28,32H,11-15H2,1-2H3. The molecule has 5 rings (SSSR count). The van der Waals surface area contributed by atoms with Crippen molar-refractivity contribution >= 4 is 12.2 Å².